The van der Waals surface area contributed by atoms with Gasteiger partial charge in [0.05, 0.1) is 27.3 Å². The van der Waals surface area contributed by atoms with Gasteiger partial charge in [0.1, 0.15) is 11.5 Å². The first-order valence-corrected chi connectivity index (χ1v) is 11.9. The summed E-state index contributed by atoms with van der Waals surface area (Å²) in [5.41, 5.74) is 1.09. The summed E-state index contributed by atoms with van der Waals surface area (Å²) in [4.78, 5) is 29.0. The van der Waals surface area contributed by atoms with Crippen LogP contribution in [0.5, 0.6) is 17.2 Å². The highest BCUT2D eigenvalue weighted by atomic mass is 79.9. The molecule has 0 radical (unpaired) electrons. The van der Waals surface area contributed by atoms with Crippen LogP contribution < -0.4 is 4.74 Å². The van der Waals surface area contributed by atoms with E-state index in [0.29, 0.717) is 36.6 Å². The van der Waals surface area contributed by atoms with Gasteiger partial charge in [-0.1, -0.05) is 28.9 Å². The largest absolute Gasteiger partial charge is 0.507 e. The van der Waals surface area contributed by atoms with Crippen LogP contribution in [-0.2, 0) is 14.4 Å². The lowest BCUT2D eigenvalue weighted by Gasteiger charge is -2.13. The van der Waals surface area contributed by atoms with E-state index in [9.17, 15) is 14.7 Å². The van der Waals surface area contributed by atoms with Gasteiger partial charge < -0.3 is 19.4 Å². The third kappa shape index (κ3) is 6.82. The molecular formula is C24H18Br2ClNO6. The van der Waals surface area contributed by atoms with Gasteiger partial charge in [-0.2, -0.15) is 0 Å². The standard InChI is InChI=1S/C24H18Br2ClNO6/c1-2-32-22(30)13-33-28-12-14-8-19(25)24(20(26)9-14)34-17-6-7-21(29)18(11-17)23(31)15-4-3-5-16(27)10-15/h3-12,29H,2,13H2,1H3/b28-12+. The first-order valence-electron chi connectivity index (χ1n) is 9.89. The van der Waals surface area contributed by atoms with Crippen molar-refractivity contribution < 1.29 is 29.0 Å². The second-order valence-electron chi connectivity index (χ2n) is 6.75. The lowest BCUT2D eigenvalue weighted by molar-refractivity contribution is -0.148. The molecule has 0 aliphatic rings. The average molecular weight is 612 g/mol. The zero-order chi connectivity index (χ0) is 24.7. The number of rotatable bonds is 9. The molecule has 0 aliphatic heterocycles. The fraction of sp³-hybridized carbons (Fsp3) is 0.125. The molecule has 0 spiro atoms. The molecular weight excluding hydrogens is 594 g/mol. The molecule has 34 heavy (non-hydrogen) atoms. The number of hydrogen-bond donors (Lipinski definition) is 1. The van der Waals surface area contributed by atoms with Gasteiger partial charge in [0, 0.05) is 10.6 Å². The second kappa shape index (κ2) is 12.0. The Balaban J connectivity index is 1.77. The first kappa shape index (κ1) is 25.7. The number of esters is 1. The van der Waals surface area contributed by atoms with Crippen LogP contribution >= 0.6 is 43.5 Å². The molecule has 3 aromatic carbocycles. The molecule has 10 heteroatoms. The van der Waals surface area contributed by atoms with E-state index in [-0.39, 0.29) is 24.5 Å². The van der Waals surface area contributed by atoms with Crippen molar-refractivity contribution in [1.82, 2.24) is 0 Å². The van der Waals surface area contributed by atoms with Crippen molar-refractivity contribution >= 4 is 61.4 Å². The molecule has 176 valence electrons. The van der Waals surface area contributed by atoms with Crippen molar-refractivity contribution in [1.29, 1.82) is 0 Å². The minimum atomic E-state index is -0.507. The van der Waals surface area contributed by atoms with Crippen molar-refractivity contribution in [3.63, 3.8) is 0 Å². The molecule has 1 N–H and O–H groups in total. The van der Waals surface area contributed by atoms with Gasteiger partial charge in [0.15, 0.2) is 11.5 Å². The number of aromatic hydroxyl groups is 1. The minimum absolute atomic E-state index is 0.0783. The van der Waals surface area contributed by atoms with Gasteiger partial charge in [0.25, 0.3) is 0 Å². The fourth-order valence-electron chi connectivity index (χ4n) is 2.81. The summed E-state index contributed by atoms with van der Waals surface area (Å²) in [6.07, 6.45) is 1.43. The van der Waals surface area contributed by atoms with Crippen LogP contribution in [0.2, 0.25) is 5.02 Å². The summed E-state index contributed by atoms with van der Waals surface area (Å²) < 4.78 is 11.9. The summed E-state index contributed by atoms with van der Waals surface area (Å²) >= 11 is 12.9. The number of nitrogens with zero attached hydrogens (tertiary/aromatic N) is 1. The average Bonchev–Trinajstić information content (AvgIpc) is 2.80. The van der Waals surface area contributed by atoms with Crippen molar-refractivity contribution in [2.24, 2.45) is 5.16 Å². The van der Waals surface area contributed by atoms with E-state index in [0.717, 1.165) is 0 Å². The van der Waals surface area contributed by atoms with Crippen molar-refractivity contribution in [2.75, 3.05) is 13.2 Å². The lowest BCUT2D eigenvalue weighted by Crippen LogP contribution is -2.10. The van der Waals surface area contributed by atoms with Crippen LogP contribution in [0.4, 0.5) is 0 Å². The summed E-state index contributed by atoms with van der Waals surface area (Å²) in [5.74, 6) is -0.295. The maximum atomic E-state index is 12.9. The molecule has 0 fully saturated rings. The number of halogens is 3. The Morgan fingerprint density at radius 3 is 2.50 bits per heavy atom. The smallest absolute Gasteiger partial charge is 0.347 e. The van der Waals surface area contributed by atoms with E-state index in [1.165, 1.54) is 24.4 Å². The molecule has 0 aliphatic carbocycles. The summed E-state index contributed by atoms with van der Waals surface area (Å²) in [7, 11) is 0. The van der Waals surface area contributed by atoms with Crippen molar-refractivity contribution in [2.45, 2.75) is 6.92 Å². The number of ether oxygens (including phenoxy) is 2. The Hall–Kier alpha value is -2.88. The minimum Gasteiger partial charge on any atom is -0.507 e. The van der Waals surface area contributed by atoms with Crippen LogP contribution in [-0.4, -0.2) is 36.3 Å². The van der Waals surface area contributed by atoms with Gasteiger partial charge in [-0.25, -0.2) is 4.79 Å². The maximum Gasteiger partial charge on any atom is 0.347 e. The number of hydrogen-bond acceptors (Lipinski definition) is 7. The molecule has 0 bridgehead atoms. The zero-order valence-corrected chi connectivity index (χ0v) is 21.7. The Bertz CT molecular complexity index is 1220. The number of phenols is 1. The third-order valence-corrected chi connectivity index (χ3v) is 5.72. The normalized spacial score (nSPS) is 10.8. The van der Waals surface area contributed by atoms with Gasteiger partial charge in [0.2, 0.25) is 6.61 Å². The summed E-state index contributed by atoms with van der Waals surface area (Å²) in [6, 6.07) is 14.3. The van der Waals surface area contributed by atoms with Crippen molar-refractivity contribution in [3.05, 3.63) is 85.3 Å². The van der Waals surface area contributed by atoms with Crippen molar-refractivity contribution in [3.8, 4) is 17.2 Å². The number of benzene rings is 3. The molecule has 0 unspecified atom stereocenters. The predicted molar refractivity (Wildman–Crippen MR) is 135 cm³/mol. The Kier molecular flexibility index (Phi) is 9.09. The maximum absolute atomic E-state index is 12.9. The molecule has 0 aromatic heterocycles. The highest BCUT2D eigenvalue weighted by Crippen LogP contribution is 2.38. The monoisotopic (exact) mass is 609 g/mol. The topological polar surface area (TPSA) is 94.4 Å². The Morgan fingerprint density at radius 1 is 1.09 bits per heavy atom. The van der Waals surface area contributed by atoms with E-state index >= 15 is 0 Å². The molecule has 3 rings (SSSR count). The molecule has 7 nitrogen and oxygen atoms in total. The summed E-state index contributed by atoms with van der Waals surface area (Å²) in [5, 5.41) is 14.4. The van der Waals surface area contributed by atoms with Crippen LogP contribution in [0.15, 0.2) is 68.7 Å². The zero-order valence-electron chi connectivity index (χ0n) is 17.8. The van der Waals surface area contributed by atoms with Gasteiger partial charge in [-0.15, -0.1) is 0 Å². The fourth-order valence-corrected chi connectivity index (χ4v) is 4.38. The molecule has 0 saturated heterocycles. The number of oxime groups is 1. The molecule has 0 atom stereocenters. The van der Waals surface area contributed by atoms with Crippen LogP contribution in [0.3, 0.4) is 0 Å². The quantitative estimate of drug-likeness (QED) is 0.128. The predicted octanol–water partition coefficient (Wildman–Crippen LogP) is 6.51. The van der Waals surface area contributed by atoms with E-state index in [1.54, 1.807) is 43.3 Å². The number of ketones is 1. The van der Waals surface area contributed by atoms with Gasteiger partial charge in [-0.05, 0) is 86.8 Å². The lowest BCUT2D eigenvalue weighted by atomic mass is 10.0. The molecule has 0 saturated carbocycles. The van der Waals surface area contributed by atoms with E-state index in [2.05, 4.69) is 37.0 Å². The third-order valence-electron chi connectivity index (χ3n) is 4.30. The van der Waals surface area contributed by atoms with E-state index in [4.69, 9.17) is 25.9 Å². The van der Waals surface area contributed by atoms with Crippen LogP contribution in [0.1, 0.15) is 28.4 Å². The second-order valence-corrected chi connectivity index (χ2v) is 8.89. The SMILES string of the molecule is CCOC(=O)CO/N=C/c1cc(Br)c(Oc2ccc(O)c(C(=O)c3cccc(Cl)c3)c2)c(Br)c1. The first-order chi connectivity index (χ1) is 16.3. The molecule has 0 amide bonds. The highest BCUT2D eigenvalue weighted by molar-refractivity contribution is 9.11. The van der Waals surface area contributed by atoms with Crippen LogP contribution in [0.25, 0.3) is 0 Å². The summed E-state index contributed by atoms with van der Waals surface area (Å²) in [6.45, 7) is 1.69. The Labute approximate surface area is 217 Å². The highest BCUT2D eigenvalue weighted by Gasteiger charge is 2.17. The van der Waals surface area contributed by atoms with E-state index < -0.39 is 11.8 Å². The molecule has 0 heterocycles. The number of carbonyl (C=O) groups is 2. The number of carbonyl (C=O) groups excluding carboxylic acids is 2. The molecule has 3 aromatic rings. The van der Waals surface area contributed by atoms with Gasteiger partial charge in [-0.3, -0.25) is 4.79 Å². The van der Waals surface area contributed by atoms with Gasteiger partial charge >= 0.3 is 5.97 Å². The van der Waals surface area contributed by atoms with Crippen LogP contribution in [0, 0.1) is 0 Å². The van der Waals surface area contributed by atoms with E-state index in [1.807, 2.05) is 0 Å². The number of phenolic OH excluding ortho intramolecular Hbond substituents is 1. The Morgan fingerprint density at radius 2 is 1.82 bits per heavy atom.